The number of hydrogen-bond acceptors (Lipinski definition) is 1. The molecule has 102 valence electrons. The average molecular weight is 340 g/mol. The summed E-state index contributed by atoms with van der Waals surface area (Å²) in [6.07, 6.45) is 0. The van der Waals surface area contributed by atoms with E-state index in [1.54, 1.807) is 26.8 Å². The molecule has 0 aliphatic carbocycles. The molecule has 0 aliphatic heterocycles. The van der Waals surface area contributed by atoms with Crippen LogP contribution in [-0.2, 0) is 11.0 Å². The summed E-state index contributed by atoms with van der Waals surface area (Å²) in [5.41, 5.74) is 0.171. The van der Waals surface area contributed by atoms with Gasteiger partial charge in [-0.15, -0.1) is 0 Å². The molecule has 0 saturated heterocycles. The molecule has 0 heterocycles. The van der Waals surface area contributed by atoms with Crippen LogP contribution in [0.25, 0.3) is 0 Å². The van der Waals surface area contributed by atoms with Crippen LogP contribution in [0, 0.1) is 5.82 Å². The van der Waals surface area contributed by atoms with Crippen molar-refractivity contribution in [2.24, 2.45) is 0 Å². The molecule has 2 nitrogen and oxygen atoms in total. The molecule has 0 aliphatic rings. The summed E-state index contributed by atoms with van der Waals surface area (Å²) in [6.45, 7) is 4.48. The van der Waals surface area contributed by atoms with Crippen LogP contribution in [0.2, 0.25) is 0 Å². The number of rotatable bonds is 4. The Labute approximate surface area is 117 Å². The van der Waals surface area contributed by atoms with Gasteiger partial charge in [-0.3, -0.25) is 0 Å². The predicted octanol–water partition coefficient (Wildman–Crippen LogP) is 3.65. The van der Waals surface area contributed by atoms with Gasteiger partial charge in [-0.25, -0.2) is 17.7 Å². The molecule has 2 atom stereocenters. The second-order valence-corrected chi connectivity index (χ2v) is 7.70. The summed E-state index contributed by atoms with van der Waals surface area (Å²) in [7, 11) is -1.45. The molecular formula is C12H16BrF2NOS. The third kappa shape index (κ3) is 3.83. The van der Waals surface area contributed by atoms with E-state index in [-0.39, 0.29) is 10.0 Å². The van der Waals surface area contributed by atoms with Gasteiger partial charge in [-0.2, -0.15) is 0 Å². The zero-order valence-corrected chi connectivity index (χ0v) is 12.9. The lowest BCUT2D eigenvalue weighted by atomic mass is 10.1. The first kappa shape index (κ1) is 15.7. The molecule has 1 rings (SSSR count). The van der Waals surface area contributed by atoms with Gasteiger partial charge in [0, 0.05) is 5.56 Å². The van der Waals surface area contributed by atoms with Crippen LogP contribution >= 0.6 is 15.9 Å². The SMILES string of the molecule is CC(C)(C)S(=O)N[C@@H](CF)c1cccc(Br)c1F. The minimum absolute atomic E-state index is 0.171. The lowest BCUT2D eigenvalue weighted by Crippen LogP contribution is -2.36. The summed E-state index contributed by atoms with van der Waals surface area (Å²) >= 11 is 3.05. The molecule has 0 fully saturated rings. The highest BCUT2D eigenvalue weighted by Gasteiger charge is 2.25. The molecule has 1 aromatic rings. The van der Waals surface area contributed by atoms with E-state index in [9.17, 15) is 13.0 Å². The number of alkyl halides is 1. The van der Waals surface area contributed by atoms with Gasteiger partial charge in [0.2, 0.25) is 0 Å². The Bertz CT molecular complexity index is 448. The minimum Gasteiger partial charge on any atom is -0.249 e. The molecule has 6 heteroatoms. The standard InChI is InChI=1S/C12H16BrF2NOS/c1-12(2,3)18(17)16-10(7-14)8-5-4-6-9(13)11(8)15/h4-6,10,16H,7H2,1-3H3/t10-,18?/m0/s1. The summed E-state index contributed by atoms with van der Waals surface area (Å²) < 4.78 is 41.1. The second kappa shape index (κ2) is 6.21. The summed E-state index contributed by atoms with van der Waals surface area (Å²) in [5, 5.41) is 0. The van der Waals surface area contributed by atoms with Crippen LogP contribution in [0.4, 0.5) is 8.78 Å². The van der Waals surface area contributed by atoms with Gasteiger partial charge >= 0.3 is 0 Å². The Morgan fingerprint density at radius 2 is 2.06 bits per heavy atom. The fraction of sp³-hybridized carbons (Fsp3) is 0.500. The maximum Gasteiger partial charge on any atom is 0.142 e. The number of hydrogen-bond donors (Lipinski definition) is 1. The number of benzene rings is 1. The van der Waals surface area contributed by atoms with E-state index in [1.807, 2.05) is 0 Å². The first-order chi connectivity index (χ1) is 8.27. The van der Waals surface area contributed by atoms with Crippen LogP contribution in [0.15, 0.2) is 22.7 Å². The van der Waals surface area contributed by atoms with E-state index >= 15 is 0 Å². The highest BCUT2D eigenvalue weighted by molar-refractivity contribution is 9.10. The summed E-state index contributed by atoms with van der Waals surface area (Å²) in [4.78, 5) is 0. The zero-order valence-electron chi connectivity index (χ0n) is 10.5. The van der Waals surface area contributed by atoms with E-state index < -0.39 is 34.3 Å². The summed E-state index contributed by atoms with van der Waals surface area (Å²) in [6, 6.07) is 3.72. The molecule has 18 heavy (non-hydrogen) atoms. The van der Waals surface area contributed by atoms with E-state index in [0.717, 1.165) is 0 Å². The van der Waals surface area contributed by atoms with Crippen LogP contribution in [-0.4, -0.2) is 15.6 Å². The van der Waals surface area contributed by atoms with Gasteiger partial charge in [-0.05, 0) is 42.8 Å². The molecule has 0 amide bonds. The lowest BCUT2D eigenvalue weighted by Gasteiger charge is -2.23. The van der Waals surface area contributed by atoms with E-state index in [2.05, 4.69) is 20.7 Å². The van der Waals surface area contributed by atoms with Crippen molar-refractivity contribution in [2.45, 2.75) is 31.6 Å². The zero-order chi connectivity index (χ0) is 13.9. The lowest BCUT2D eigenvalue weighted by molar-refractivity contribution is 0.407. The molecule has 0 spiro atoms. The second-order valence-electron chi connectivity index (χ2n) is 4.85. The maximum atomic E-state index is 13.8. The van der Waals surface area contributed by atoms with Gasteiger partial charge in [0.05, 0.1) is 26.2 Å². The fourth-order valence-electron chi connectivity index (χ4n) is 1.27. The quantitative estimate of drug-likeness (QED) is 0.891. The first-order valence-electron chi connectivity index (χ1n) is 5.45. The van der Waals surface area contributed by atoms with Crippen molar-refractivity contribution in [3.8, 4) is 0 Å². The largest absolute Gasteiger partial charge is 0.249 e. The Morgan fingerprint density at radius 1 is 1.44 bits per heavy atom. The van der Waals surface area contributed by atoms with Gasteiger partial charge in [0.25, 0.3) is 0 Å². The smallest absolute Gasteiger partial charge is 0.142 e. The van der Waals surface area contributed by atoms with Crippen LogP contribution in [0.3, 0.4) is 0 Å². The summed E-state index contributed by atoms with van der Waals surface area (Å²) in [5.74, 6) is -0.529. The van der Waals surface area contributed by atoms with Crippen molar-refractivity contribution < 1.29 is 13.0 Å². The Balaban J connectivity index is 2.97. The Hall–Kier alpha value is -0.330. The van der Waals surface area contributed by atoms with E-state index in [1.165, 1.54) is 12.1 Å². The first-order valence-corrected chi connectivity index (χ1v) is 7.39. The Morgan fingerprint density at radius 3 is 2.56 bits per heavy atom. The molecule has 0 bridgehead atoms. The normalized spacial score (nSPS) is 15.4. The van der Waals surface area contributed by atoms with Crippen molar-refractivity contribution in [1.29, 1.82) is 0 Å². The van der Waals surface area contributed by atoms with Gasteiger partial charge in [0.1, 0.15) is 12.5 Å². The monoisotopic (exact) mass is 339 g/mol. The molecular weight excluding hydrogens is 324 g/mol. The molecule has 1 unspecified atom stereocenters. The van der Waals surface area contributed by atoms with Crippen molar-refractivity contribution in [3.63, 3.8) is 0 Å². The Kier molecular flexibility index (Phi) is 5.43. The predicted molar refractivity (Wildman–Crippen MR) is 73.8 cm³/mol. The molecule has 0 aromatic heterocycles. The average Bonchev–Trinajstić information content (AvgIpc) is 2.28. The topological polar surface area (TPSA) is 29.1 Å². The molecule has 1 N–H and O–H groups in total. The maximum absolute atomic E-state index is 13.8. The van der Waals surface area contributed by atoms with Gasteiger partial charge in [0.15, 0.2) is 0 Å². The highest BCUT2D eigenvalue weighted by atomic mass is 79.9. The van der Waals surface area contributed by atoms with Crippen LogP contribution in [0.1, 0.15) is 32.4 Å². The van der Waals surface area contributed by atoms with E-state index in [0.29, 0.717) is 0 Å². The van der Waals surface area contributed by atoms with Crippen molar-refractivity contribution in [1.82, 2.24) is 4.72 Å². The number of nitrogens with one attached hydrogen (secondary N) is 1. The van der Waals surface area contributed by atoms with Gasteiger partial charge < -0.3 is 0 Å². The third-order valence-corrected chi connectivity index (χ3v) is 4.54. The minimum atomic E-state index is -1.45. The van der Waals surface area contributed by atoms with Crippen molar-refractivity contribution >= 4 is 26.9 Å². The molecule has 0 radical (unpaired) electrons. The van der Waals surface area contributed by atoms with E-state index in [4.69, 9.17) is 0 Å². The molecule has 1 aromatic carbocycles. The van der Waals surface area contributed by atoms with Crippen LogP contribution in [0.5, 0.6) is 0 Å². The van der Waals surface area contributed by atoms with Crippen LogP contribution < -0.4 is 4.72 Å². The van der Waals surface area contributed by atoms with Gasteiger partial charge in [-0.1, -0.05) is 12.1 Å². The molecule has 0 saturated carbocycles. The van der Waals surface area contributed by atoms with Crippen molar-refractivity contribution in [3.05, 3.63) is 34.1 Å². The highest BCUT2D eigenvalue weighted by Crippen LogP contribution is 2.25. The fourth-order valence-corrected chi connectivity index (χ4v) is 2.46. The number of halogens is 3. The third-order valence-electron chi connectivity index (χ3n) is 2.32. The van der Waals surface area contributed by atoms with Crippen molar-refractivity contribution in [2.75, 3.05) is 6.67 Å².